The highest BCUT2D eigenvalue weighted by atomic mass is 32.1. The lowest BCUT2D eigenvalue weighted by Crippen LogP contribution is -2.25. The lowest BCUT2D eigenvalue weighted by molar-refractivity contribution is -0.140. The molecule has 3 aromatic rings. The highest BCUT2D eigenvalue weighted by Gasteiger charge is 2.19. The van der Waals surface area contributed by atoms with E-state index in [-0.39, 0.29) is 23.5 Å². The Hall–Kier alpha value is -3.07. The van der Waals surface area contributed by atoms with Gasteiger partial charge in [-0.15, -0.1) is 16.4 Å². The number of nitrogens with zero attached hydrogens (tertiary/aromatic N) is 3. The first-order valence-corrected chi connectivity index (χ1v) is 10.1. The Morgan fingerprint density at radius 1 is 1.17 bits per heavy atom. The number of methoxy groups -OCH3 is 1. The van der Waals surface area contributed by atoms with Crippen molar-refractivity contribution in [1.82, 2.24) is 20.1 Å². The molecule has 2 aromatic heterocycles. The fourth-order valence-electron chi connectivity index (χ4n) is 2.69. The van der Waals surface area contributed by atoms with Crippen LogP contribution in [0.15, 0.2) is 41.8 Å². The summed E-state index contributed by atoms with van der Waals surface area (Å²) in [6.45, 7) is 0.458. The van der Waals surface area contributed by atoms with Crippen LogP contribution in [-0.4, -0.2) is 40.3 Å². The summed E-state index contributed by atoms with van der Waals surface area (Å²) in [5.41, 5.74) is 0.615. The SMILES string of the molecule is COC(=O)CCCCCNC(=O)c1nc(-c2cccs2)n(-c2ccc(F)cc2)n1. The first-order valence-electron chi connectivity index (χ1n) is 9.20. The van der Waals surface area contributed by atoms with Gasteiger partial charge in [0.25, 0.3) is 5.91 Å². The zero-order valence-electron chi connectivity index (χ0n) is 15.9. The predicted octanol–water partition coefficient (Wildman–Crippen LogP) is 3.60. The molecule has 9 heteroatoms. The number of esters is 1. The minimum atomic E-state index is -0.378. The number of halogens is 1. The minimum Gasteiger partial charge on any atom is -0.469 e. The molecule has 2 heterocycles. The van der Waals surface area contributed by atoms with E-state index in [9.17, 15) is 14.0 Å². The van der Waals surface area contributed by atoms with E-state index in [1.54, 1.807) is 12.1 Å². The van der Waals surface area contributed by atoms with E-state index in [0.717, 1.165) is 17.7 Å². The summed E-state index contributed by atoms with van der Waals surface area (Å²) in [6.07, 6.45) is 2.62. The van der Waals surface area contributed by atoms with Gasteiger partial charge in [0.15, 0.2) is 5.82 Å². The van der Waals surface area contributed by atoms with E-state index in [1.165, 1.54) is 35.3 Å². The first kappa shape index (κ1) is 20.7. The number of rotatable bonds is 9. The number of hydrogen-bond acceptors (Lipinski definition) is 6. The van der Waals surface area contributed by atoms with Crippen LogP contribution in [0.3, 0.4) is 0 Å². The Balaban J connectivity index is 1.66. The molecule has 1 aromatic carbocycles. The normalized spacial score (nSPS) is 10.7. The third-order valence-corrected chi connectivity index (χ3v) is 5.06. The van der Waals surface area contributed by atoms with Crippen molar-refractivity contribution in [2.45, 2.75) is 25.7 Å². The fraction of sp³-hybridized carbons (Fsp3) is 0.300. The molecule has 0 atom stereocenters. The molecule has 29 heavy (non-hydrogen) atoms. The van der Waals surface area contributed by atoms with Gasteiger partial charge in [0, 0.05) is 13.0 Å². The molecule has 0 fully saturated rings. The topological polar surface area (TPSA) is 86.1 Å². The van der Waals surface area contributed by atoms with E-state index in [4.69, 9.17) is 0 Å². The van der Waals surface area contributed by atoms with E-state index in [1.807, 2.05) is 17.5 Å². The molecule has 0 saturated heterocycles. The van der Waals surface area contributed by atoms with Crippen molar-refractivity contribution in [3.8, 4) is 16.4 Å². The van der Waals surface area contributed by atoms with Gasteiger partial charge in [0.05, 0.1) is 17.7 Å². The monoisotopic (exact) mass is 416 g/mol. The average molecular weight is 416 g/mol. The van der Waals surface area contributed by atoms with E-state index in [0.29, 0.717) is 30.9 Å². The van der Waals surface area contributed by atoms with Crippen LogP contribution in [0.2, 0.25) is 0 Å². The van der Waals surface area contributed by atoms with E-state index >= 15 is 0 Å². The van der Waals surface area contributed by atoms with Gasteiger partial charge in [-0.25, -0.2) is 14.1 Å². The van der Waals surface area contributed by atoms with Gasteiger partial charge in [-0.05, 0) is 48.6 Å². The Labute approximate surface area is 171 Å². The summed E-state index contributed by atoms with van der Waals surface area (Å²) < 4.78 is 19.4. The molecule has 0 spiro atoms. The Bertz CT molecular complexity index is 955. The second-order valence-corrected chi connectivity index (χ2v) is 7.21. The maximum atomic E-state index is 13.3. The van der Waals surface area contributed by atoms with E-state index in [2.05, 4.69) is 20.1 Å². The number of carbonyl (C=O) groups is 2. The largest absolute Gasteiger partial charge is 0.469 e. The van der Waals surface area contributed by atoms with Crippen molar-refractivity contribution < 1.29 is 18.7 Å². The highest BCUT2D eigenvalue weighted by Crippen LogP contribution is 2.25. The summed E-state index contributed by atoms with van der Waals surface area (Å²) >= 11 is 1.48. The third kappa shape index (κ3) is 5.47. The van der Waals surface area contributed by atoms with Gasteiger partial charge in [0.2, 0.25) is 5.82 Å². The first-order chi connectivity index (χ1) is 14.1. The average Bonchev–Trinajstić information content (AvgIpc) is 3.40. The summed E-state index contributed by atoms with van der Waals surface area (Å²) in [5.74, 6) is -0.388. The number of hydrogen-bond donors (Lipinski definition) is 1. The van der Waals surface area contributed by atoms with Crippen LogP contribution in [0.5, 0.6) is 0 Å². The molecule has 0 aliphatic heterocycles. The maximum absolute atomic E-state index is 13.3. The highest BCUT2D eigenvalue weighted by molar-refractivity contribution is 7.13. The van der Waals surface area contributed by atoms with Gasteiger partial charge in [-0.1, -0.05) is 12.5 Å². The zero-order chi connectivity index (χ0) is 20.6. The van der Waals surface area contributed by atoms with Crippen LogP contribution < -0.4 is 5.32 Å². The van der Waals surface area contributed by atoms with Crippen molar-refractivity contribution in [3.05, 3.63) is 53.4 Å². The minimum absolute atomic E-state index is 0.0484. The number of aromatic nitrogens is 3. The third-order valence-electron chi connectivity index (χ3n) is 4.19. The van der Waals surface area contributed by atoms with Crippen molar-refractivity contribution in [1.29, 1.82) is 0 Å². The molecule has 0 radical (unpaired) electrons. The van der Waals surface area contributed by atoms with Crippen molar-refractivity contribution in [3.63, 3.8) is 0 Å². The molecule has 7 nitrogen and oxygen atoms in total. The van der Waals surface area contributed by atoms with Gasteiger partial charge in [0.1, 0.15) is 5.82 Å². The number of amides is 1. The van der Waals surface area contributed by atoms with Crippen LogP contribution in [0.4, 0.5) is 4.39 Å². The standard InChI is InChI=1S/C20H21FN4O3S/c1-28-17(26)7-3-2-4-12-22-20(27)18-23-19(16-6-5-13-29-16)25(24-18)15-10-8-14(21)9-11-15/h5-6,8-11,13H,2-4,7,12H2,1H3,(H,22,27). The lowest BCUT2D eigenvalue weighted by atomic mass is 10.2. The smallest absolute Gasteiger partial charge is 0.305 e. The van der Waals surface area contributed by atoms with Crippen molar-refractivity contribution in [2.24, 2.45) is 0 Å². The van der Waals surface area contributed by atoms with Crippen LogP contribution in [-0.2, 0) is 9.53 Å². The van der Waals surface area contributed by atoms with Gasteiger partial charge in [-0.3, -0.25) is 9.59 Å². The molecule has 0 aliphatic carbocycles. The molecular weight excluding hydrogens is 395 g/mol. The zero-order valence-corrected chi connectivity index (χ0v) is 16.7. The second-order valence-electron chi connectivity index (χ2n) is 6.27. The van der Waals surface area contributed by atoms with Crippen LogP contribution in [0.25, 0.3) is 16.4 Å². The molecule has 0 unspecified atom stereocenters. The second kappa shape index (κ2) is 9.92. The lowest BCUT2D eigenvalue weighted by Gasteiger charge is -2.04. The number of carbonyl (C=O) groups excluding carboxylic acids is 2. The van der Waals surface area contributed by atoms with E-state index < -0.39 is 0 Å². The molecular formula is C20H21FN4O3S. The molecule has 1 N–H and O–H groups in total. The number of nitrogens with one attached hydrogen (secondary N) is 1. The summed E-state index contributed by atoms with van der Waals surface area (Å²) in [5, 5.41) is 9.04. The number of benzene rings is 1. The molecule has 0 aliphatic rings. The maximum Gasteiger partial charge on any atom is 0.305 e. The van der Waals surface area contributed by atoms with Gasteiger partial charge >= 0.3 is 5.97 Å². The molecule has 0 bridgehead atoms. The van der Waals surface area contributed by atoms with Crippen molar-refractivity contribution in [2.75, 3.05) is 13.7 Å². The summed E-state index contributed by atoms with van der Waals surface area (Å²) in [7, 11) is 1.37. The van der Waals surface area contributed by atoms with Crippen LogP contribution >= 0.6 is 11.3 Å². The predicted molar refractivity (Wildman–Crippen MR) is 107 cm³/mol. The fourth-order valence-corrected chi connectivity index (χ4v) is 3.39. The van der Waals surface area contributed by atoms with Crippen LogP contribution in [0.1, 0.15) is 36.3 Å². The summed E-state index contributed by atoms with van der Waals surface area (Å²) in [4.78, 5) is 28.8. The Morgan fingerprint density at radius 2 is 1.97 bits per heavy atom. The van der Waals surface area contributed by atoms with Gasteiger partial charge in [-0.2, -0.15) is 0 Å². The van der Waals surface area contributed by atoms with Gasteiger partial charge < -0.3 is 10.1 Å². The summed E-state index contributed by atoms with van der Waals surface area (Å²) in [6, 6.07) is 9.62. The molecule has 3 rings (SSSR count). The molecule has 1 amide bonds. The Kier molecular flexibility index (Phi) is 7.07. The number of thiophene rings is 1. The Morgan fingerprint density at radius 3 is 2.66 bits per heavy atom. The number of ether oxygens (including phenoxy) is 1. The van der Waals surface area contributed by atoms with Crippen LogP contribution in [0, 0.1) is 5.82 Å². The van der Waals surface area contributed by atoms with Crippen molar-refractivity contribution >= 4 is 23.2 Å². The quantitative estimate of drug-likeness (QED) is 0.425. The number of unbranched alkanes of at least 4 members (excludes halogenated alkanes) is 2. The molecule has 0 saturated carbocycles. The molecule has 152 valence electrons.